The van der Waals surface area contributed by atoms with Gasteiger partial charge >= 0.3 is 0 Å². The summed E-state index contributed by atoms with van der Waals surface area (Å²) in [4.78, 5) is 8.62. The molecular weight excluding hydrogens is 148 g/mol. The van der Waals surface area contributed by atoms with Crippen molar-refractivity contribution < 1.29 is 9.78 Å². The van der Waals surface area contributed by atoms with Crippen LogP contribution in [0.2, 0.25) is 0 Å². The molecule has 5 nitrogen and oxygen atoms in total. The van der Waals surface area contributed by atoms with Crippen LogP contribution in [0.25, 0.3) is 0 Å². The minimum atomic E-state index is -0.485. The summed E-state index contributed by atoms with van der Waals surface area (Å²) >= 11 is 0. The van der Waals surface area contributed by atoms with E-state index in [9.17, 15) is 5.21 Å². The fourth-order valence-electron chi connectivity index (χ4n) is 0.581. The molecule has 0 aliphatic heterocycles. The second-order valence-electron chi connectivity index (χ2n) is 2.58. The predicted molar refractivity (Wildman–Crippen MR) is 40.6 cm³/mol. The first kappa shape index (κ1) is 10.8. The molecule has 0 aliphatic carbocycles. The van der Waals surface area contributed by atoms with Crippen LogP contribution in [0.3, 0.4) is 0 Å². The first-order valence-electron chi connectivity index (χ1n) is 3.61. The van der Waals surface area contributed by atoms with E-state index < -0.39 is 5.60 Å². The van der Waals surface area contributed by atoms with Crippen LogP contribution in [0.4, 0.5) is 0 Å². The second kappa shape index (κ2) is 4.63. The average Bonchev–Trinajstić information content (AvgIpc) is 2.04. The standard InChI is InChI=1S/C6H15N2O3/c1-4-6(3,5-2)10-8(9)11-7/h4-5,7H2,1-3H3/q-1. The SMILES string of the molecule is CCC(C)(CC)ON([O-])ON. The Morgan fingerprint density at radius 2 is 1.91 bits per heavy atom. The molecule has 0 bridgehead atoms. The number of hydrogen-bond acceptors (Lipinski definition) is 5. The van der Waals surface area contributed by atoms with Gasteiger partial charge in [-0.25, -0.2) is 4.94 Å². The number of hydrogen-bond donors (Lipinski definition) is 1. The fourth-order valence-corrected chi connectivity index (χ4v) is 0.581. The molecule has 68 valence electrons. The molecule has 0 atom stereocenters. The van der Waals surface area contributed by atoms with Crippen molar-refractivity contribution in [3.63, 3.8) is 0 Å². The van der Waals surface area contributed by atoms with E-state index in [4.69, 9.17) is 4.84 Å². The molecule has 11 heavy (non-hydrogen) atoms. The van der Waals surface area contributed by atoms with E-state index in [1.807, 2.05) is 20.8 Å². The van der Waals surface area contributed by atoms with Gasteiger partial charge in [0.05, 0.1) is 5.60 Å². The Bertz CT molecular complexity index is 106. The molecule has 0 rings (SSSR count). The molecule has 0 spiro atoms. The van der Waals surface area contributed by atoms with Crippen LogP contribution in [-0.4, -0.2) is 11.0 Å². The van der Waals surface area contributed by atoms with E-state index in [1.54, 1.807) is 0 Å². The van der Waals surface area contributed by atoms with Crippen LogP contribution in [-0.2, 0) is 9.78 Å². The molecule has 5 heteroatoms. The third kappa shape index (κ3) is 3.64. The Morgan fingerprint density at radius 3 is 2.18 bits per heavy atom. The lowest BCUT2D eigenvalue weighted by molar-refractivity contribution is -0.382. The molecule has 0 aromatic rings. The smallest absolute Gasteiger partial charge is 0.0882 e. The van der Waals surface area contributed by atoms with E-state index in [0.29, 0.717) is 0 Å². The van der Waals surface area contributed by atoms with Crippen molar-refractivity contribution >= 4 is 0 Å². The Hall–Kier alpha value is -0.200. The predicted octanol–water partition coefficient (Wildman–Crippen LogP) is 1.10. The first-order valence-corrected chi connectivity index (χ1v) is 3.61. The Morgan fingerprint density at radius 1 is 1.45 bits per heavy atom. The van der Waals surface area contributed by atoms with E-state index >= 15 is 0 Å². The second-order valence-corrected chi connectivity index (χ2v) is 2.58. The summed E-state index contributed by atoms with van der Waals surface area (Å²) < 4.78 is 0. The molecular formula is C6H15N2O3-. The number of rotatable bonds is 5. The summed E-state index contributed by atoms with van der Waals surface area (Å²) in [6.45, 7) is 5.67. The van der Waals surface area contributed by atoms with Gasteiger partial charge in [0.2, 0.25) is 0 Å². The minimum absolute atomic E-state index is 0.0764. The van der Waals surface area contributed by atoms with Gasteiger partial charge in [-0.1, -0.05) is 13.8 Å². The molecule has 0 amide bonds. The van der Waals surface area contributed by atoms with E-state index in [2.05, 4.69) is 10.8 Å². The van der Waals surface area contributed by atoms with Gasteiger partial charge in [0.25, 0.3) is 0 Å². The van der Waals surface area contributed by atoms with Crippen molar-refractivity contribution in [1.29, 1.82) is 0 Å². The van der Waals surface area contributed by atoms with E-state index in [1.165, 1.54) is 0 Å². The first-order chi connectivity index (χ1) is 5.08. The van der Waals surface area contributed by atoms with Gasteiger partial charge < -0.3 is 5.21 Å². The Kier molecular flexibility index (Phi) is 4.55. The normalized spacial score (nSPS) is 12.5. The van der Waals surface area contributed by atoms with Gasteiger partial charge in [0, 0.05) is 0 Å². The number of nitrogens with zero attached hydrogens (tertiary/aromatic N) is 1. The maximum atomic E-state index is 10.5. The van der Waals surface area contributed by atoms with Gasteiger partial charge in [-0.3, -0.25) is 4.84 Å². The molecule has 0 aliphatic rings. The number of nitrogens with two attached hydrogens (primary N) is 1. The zero-order chi connectivity index (χ0) is 8.91. The van der Waals surface area contributed by atoms with Crippen LogP contribution in [0.5, 0.6) is 0 Å². The monoisotopic (exact) mass is 163 g/mol. The lowest BCUT2D eigenvalue weighted by atomic mass is 10.0. The highest BCUT2D eigenvalue weighted by Crippen LogP contribution is 2.20. The van der Waals surface area contributed by atoms with Crippen molar-refractivity contribution in [2.45, 2.75) is 39.2 Å². The van der Waals surface area contributed by atoms with Crippen molar-refractivity contribution in [3.05, 3.63) is 5.21 Å². The summed E-state index contributed by atoms with van der Waals surface area (Å²) in [7, 11) is 0. The van der Waals surface area contributed by atoms with Crippen molar-refractivity contribution in [2.24, 2.45) is 5.90 Å². The van der Waals surface area contributed by atoms with Gasteiger partial charge in [-0.05, 0) is 19.8 Å². The highest BCUT2D eigenvalue weighted by molar-refractivity contribution is 4.69. The van der Waals surface area contributed by atoms with Crippen LogP contribution in [0.1, 0.15) is 33.6 Å². The van der Waals surface area contributed by atoms with Crippen LogP contribution >= 0.6 is 0 Å². The maximum Gasteiger partial charge on any atom is 0.0882 e. The van der Waals surface area contributed by atoms with Crippen LogP contribution in [0, 0.1) is 5.21 Å². The van der Waals surface area contributed by atoms with Crippen molar-refractivity contribution in [3.8, 4) is 0 Å². The molecule has 0 radical (unpaired) electrons. The van der Waals surface area contributed by atoms with E-state index in [0.717, 1.165) is 12.8 Å². The summed E-state index contributed by atoms with van der Waals surface area (Å²) in [6.07, 6.45) is 1.46. The minimum Gasteiger partial charge on any atom is -0.736 e. The van der Waals surface area contributed by atoms with Gasteiger partial charge in [-0.2, -0.15) is 5.90 Å². The van der Waals surface area contributed by atoms with Crippen molar-refractivity contribution in [2.75, 3.05) is 0 Å². The van der Waals surface area contributed by atoms with E-state index in [-0.39, 0.29) is 5.39 Å². The largest absolute Gasteiger partial charge is 0.736 e. The van der Waals surface area contributed by atoms with Crippen LogP contribution in [0.15, 0.2) is 0 Å². The molecule has 0 saturated heterocycles. The highest BCUT2D eigenvalue weighted by Gasteiger charge is 2.21. The molecule has 0 fully saturated rings. The van der Waals surface area contributed by atoms with Gasteiger partial charge in [0.1, 0.15) is 0 Å². The fraction of sp³-hybridized carbons (Fsp3) is 1.00. The topological polar surface area (TPSA) is 70.8 Å². The molecule has 0 heterocycles. The zero-order valence-electron chi connectivity index (χ0n) is 7.16. The third-order valence-electron chi connectivity index (χ3n) is 1.88. The van der Waals surface area contributed by atoms with Gasteiger partial charge in [-0.15, -0.1) is 5.39 Å². The average molecular weight is 163 g/mol. The van der Waals surface area contributed by atoms with Gasteiger partial charge in [0.15, 0.2) is 0 Å². The Balaban J connectivity index is 3.86. The zero-order valence-corrected chi connectivity index (χ0v) is 7.16. The summed E-state index contributed by atoms with van der Waals surface area (Å²) in [5.41, 5.74) is -0.485. The highest BCUT2D eigenvalue weighted by atomic mass is 17.2. The molecule has 0 aromatic carbocycles. The lowest BCUT2D eigenvalue weighted by Gasteiger charge is -2.34. The maximum absolute atomic E-state index is 10.5. The molecule has 2 N–H and O–H groups in total. The molecule has 0 saturated carbocycles. The lowest BCUT2D eigenvalue weighted by Crippen LogP contribution is -2.35. The summed E-state index contributed by atoms with van der Waals surface area (Å²) in [6, 6.07) is 0. The third-order valence-corrected chi connectivity index (χ3v) is 1.88. The summed E-state index contributed by atoms with van der Waals surface area (Å²) in [5.74, 6) is 4.58. The quantitative estimate of drug-likeness (QED) is 0.614. The molecule has 0 unspecified atom stereocenters. The summed E-state index contributed by atoms with van der Waals surface area (Å²) in [5, 5.41) is 10.4. The van der Waals surface area contributed by atoms with Crippen molar-refractivity contribution in [1.82, 2.24) is 5.39 Å². The molecule has 0 aromatic heterocycles. The van der Waals surface area contributed by atoms with Crippen LogP contribution < -0.4 is 5.90 Å². The Labute approximate surface area is 66.5 Å².